The van der Waals surface area contributed by atoms with Crippen molar-refractivity contribution in [3.63, 3.8) is 0 Å². The minimum Gasteiger partial charge on any atom is -0.494 e. The number of fused-ring (bicyclic) bond motifs is 1. The van der Waals surface area contributed by atoms with E-state index in [0.717, 1.165) is 22.5 Å². The highest BCUT2D eigenvalue weighted by Gasteiger charge is 2.17. The second kappa shape index (κ2) is 4.93. The van der Waals surface area contributed by atoms with Gasteiger partial charge in [0.05, 0.1) is 23.4 Å². The molecule has 0 bridgehead atoms. The first-order valence-corrected chi connectivity index (χ1v) is 6.87. The summed E-state index contributed by atoms with van der Waals surface area (Å²) in [4.78, 5) is 18.7. The van der Waals surface area contributed by atoms with Crippen LogP contribution in [0.25, 0.3) is 11.0 Å². The molecule has 1 aromatic heterocycles. The molecule has 3 rings (SSSR count). The molecule has 1 aliphatic rings. The van der Waals surface area contributed by atoms with Gasteiger partial charge in [0.2, 0.25) is 0 Å². The SMILES string of the molecule is CCOc1ccc2nc(C3=NNC(=O)SC3)[nH]c2c1. The Morgan fingerprint density at radius 1 is 1.47 bits per heavy atom. The van der Waals surface area contributed by atoms with Crippen molar-refractivity contribution in [2.24, 2.45) is 5.10 Å². The largest absolute Gasteiger partial charge is 0.494 e. The maximum absolute atomic E-state index is 11.0. The molecule has 0 unspecified atom stereocenters. The van der Waals surface area contributed by atoms with Crippen LogP contribution < -0.4 is 10.2 Å². The molecule has 98 valence electrons. The van der Waals surface area contributed by atoms with Crippen LogP contribution in [0.15, 0.2) is 23.3 Å². The number of aromatic nitrogens is 2. The molecule has 0 atom stereocenters. The van der Waals surface area contributed by atoms with Crippen molar-refractivity contribution < 1.29 is 9.53 Å². The monoisotopic (exact) mass is 276 g/mol. The molecular weight excluding hydrogens is 264 g/mol. The molecule has 6 nitrogen and oxygen atoms in total. The van der Waals surface area contributed by atoms with E-state index in [1.54, 1.807) is 0 Å². The van der Waals surface area contributed by atoms with E-state index < -0.39 is 0 Å². The van der Waals surface area contributed by atoms with Crippen molar-refractivity contribution in [2.75, 3.05) is 12.4 Å². The number of benzene rings is 1. The van der Waals surface area contributed by atoms with Gasteiger partial charge in [0.25, 0.3) is 5.24 Å². The van der Waals surface area contributed by atoms with Gasteiger partial charge in [-0.1, -0.05) is 11.8 Å². The second-order valence-corrected chi connectivity index (χ2v) is 4.89. The van der Waals surface area contributed by atoms with E-state index >= 15 is 0 Å². The number of aromatic amines is 1. The molecule has 2 N–H and O–H groups in total. The summed E-state index contributed by atoms with van der Waals surface area (Å²) in [6.07, 6.45) is 0. The molecule has 2 aromatic rings. The number of nitrogens with zero attached hydrogens (tertiary/aromatic N) is 2. The third kappa shape index (κ3) is 2.41. The van der Waals surface area contributed by atoms with Crippen LogP contribution in [0.1, 0.15) is 12.7 Å². The summed E-state index contributed by atoms with van der Waals surface area (Å²) in [6.45, 7) is 2.57. The molecule has 2 heterocycles. The maximum atomic E-state index is 11.0. The van der Waals surface area contributed by atoms with Crippen LogP contribution in [0.5, 0.6) is 5.75 Å². The van der Waals surface area contributed by atoms with Gasteiger partial charge >= 0.3 is 0 Å². The minimum atomic E-state index is -0.140. The molecule has 0 aliphatic carbocycles. The molecule has 19 heavy (non-hydrogen) atoms. The molecule has 0 saturated carbocycles. The van der Waals surface area contributed by atoms with Crippen molar-refractivity contribution in [2.45, 2.75) is 6.92 Å². The average molecular weight is 276 g/mol. The van der Waals surface area contributed by atoms with Crippen LogP contribution in [-0.4, -0.2) is 33.3 Å². The zero-order valence-corrected chi connectivity index (χ0v) is 11.1. The highest BCUT2D eigenvalue weighted by molar-refractivity contribution is 8.14. The first-order valence-electron chi connectivity index (χ1n) is 5.88. The Morgan fingerprint density at radius 3 is 3.11 bits per heavy atom. The average Bonchev–Trinajstić information content (AvgIpc) is 2.83. The first kappa shape index (κ1) is 12.0. The van der Waals surface area contributed by atoms with Crippen LogP contribution >= 0.6 is 11.8 Å². The van der Waals surface area contributed by atoms with E-state index in [0.29, 0.717) is 18.2 Å². The fourth-order valence-corrected chi connectivity index (χ4v) is 2.39. The number of rotatable bonds is 3. The molecule has 1 aliphatic heterocycles. The quantitative estimate of drug-likeness (QED) is 0.900. The lowest BCUT2D eigenvalue weighted by atomic mass is 10.3. The Balaban J connectivity index is 1.95. The van der Waals surface area contributed by atoms with Gasteiger partial charge in [0, 0.05) is 6.07 Å². The Morgan fingerprint density at radius 2 is 2.37 bits per heavy atom. The number of nitrogens with one attached hydrogen (secondary N) is 2. The standard InChI is InChI=1S/C12H12N4O2S/c1-2-18-7-3-4-8-9(5-7)14-11(13-8)10-6-19-12(17)16-15-10/h3-5H,2,6H2,1H3,(H,13,14)(H,16,17). The number of carbonyl (C=O) groups is 1. The van der Waals surface area contributed by atoms with Crippen molar-refractivity contribution in [1.82, 2.24) is 15.4 Å². The number of thioether (sulfide) groups is 1. The van der Waals surface area contributed by atoms with E-state index in [2.05, 4.69) is 20.5 Å². The van der Waals surface area contributed by atoms with Gasteiger partial charge in [-0.15, -0.1) is 0 Å². The Hall–Kier alpha value is -2.02. The van der Waals surface area contributed by atoms with Gasteiger partial charge in [-0.25, -0.2) is 10.4 Å². The molecule has 0 fully saturated rings. The summed E-state index contributed by atoms with van der Waals surface area (Å²) in [5.41, 5.74) is 4.91. The molecular formula is C12H12N4O2S. The van der Waals surface area contributed by atoms with Gasteiger partial charge in [0.1, 0.15) is 11.5 Å². The Bertz CT molecular complexity index is 665. The van der Waals surface area contributed by atoms with Crippen molar-refractivity contribution in [3.05, 3.63) is 24.0 Å². The second-order valence-electron chi connectivity index (χ2n) is 3.94. The van der Waals surface area contributed by atoms with E-state index in [4.69, 9.17) is 4.74 Å². The van der Waals surface area contributed by atoms with Gasteiger partial charge in [-0.05, 0) is 19.1 Å². The summed E-state index contributed by atoms with van der Waals surface area (Å²) < 4.78 is 5.44. The first-order chi connectivity index (χ1) is 9.26. The predicted molar refractivity (Wildman–Crippen MR) is 74.8 cm³/mol. The normalized spacial score (nSPS) is 15.2. The number of carbonyl (C=O) groups excluding carboxylic acids is 1. The number of amides is 1. The molecule has 1 aromatic carbocycles. The highest BCUT2D eigenvalue weighted by atomic mass is 32.2. The van der Waals surface area contributed by atoms with Crippen molar-refractivity contribution in [1.29, 1.82) is 0 Å². The summed E-state index contributed by atoms with van der Waals surface area (Å²) in [7, 11) is 0. The molecule has 0 spiro atoms. The topological polar surface area (TPSA) is 79.4 Å². The van der Waals surface area contributed by atoms with E-state index in [1.165, 1.54) is 11.8 Å². The van der Waals surface area contributed by atoms with Gasteiger partial charge in [-0.3, -0.25) is 4.79 Å². The summed E-state index contributed by atoms with van der Waals surface area (Å²) in [6, 6.07) is 5.69. The smallest absolute Gasteiger partial charge is 0.299 e. The third-order valence-electron chi connectivity index (χ3n) is 2.66. The van der Waals surface area contributed by atoms with E-state index in [-0.39, 0.29) is 5.24 Å². The fourth-order valence-electron chi connectivity index (χ4n) is 1.81. The molecule has 1 amide bonds. The Kier molecular flexibility index (Phi) is 3.12. The number of hydrogen-bond acceptors (Lipinski definition) is 5. The predicted octanol–water partition coefficient (Wildman–Crippen LogP) is 2.12. The van der Waals surface area contributed by atoms with Crippen LogP contribution in [0.3, 0.4) is 0 Å². The number of imidazole rings is 1. The van der Waals surface area contributed by atoms with Crippen LogP contribution in [0.4, 0.5) is 4.79 Å². The third-order valence-corrected chi connectivity index (χ3v) is 3.43. The van der Waals surface area contributed by atoms with Crippen molar-refractivity contribution in [3.8, 4) is 5.75 Å². The summed E-state index contributed by atoms with van der Waals surface area (Å²) >= 11 is 1.18. The number of H-pyrrole nitrogens is 1. The van der Waals surface area contributed by atoms with Crippen LogP contribution in [-0.2, 0) is 0 Å². The number of hydrogen-bond donors (Lipinski definition) is 2. The maximum Gasteiger partial charge on any atom is 0.299 e. The fraction of sp³-hybridized carbons (Fsp3) is 0.250. The zero-order chi connectivity index (χ0) is 13.2. The van der Waals surface area contributed by atoms with Gasteiger partial charge < -0.3 is 9.72 Å². The summed E-state index contributed by atoms with van der Waals surface area (Å²) in [5, 5.41) is 3.87. The zero-order valence-electron chi connectivity index (χ0n) is 10.3. The van der Waals surface area contributed by atoms with E-state index in [1.807, 2.05) is 25.1 Å². The van der Waals surface area contributed by atoms with Gasteiger partial charge in [0.15, 0.2) is 5.82 Å². The lowest BCUT2D eigenvalue weighted by Gasteiger charge is -2.08. The van der Waals surface area contributed by atoms with E-state index in [9.17, 15) is 4.79 Å². The van der Waals surface area contributed by atoms with Crippen LogP contribution in [0, 0.1) is 0 Å². The minimum absolute atomic E-state index is 0.140. The summed E-state index contributed by atoms with van der Waals surface area (Å²) in [5.74, 6) is 2.00. The van der Waals surface area contributed by atoms with Crippen molar-refractivity contribution >= 4 is 33.7 Å². The highest BCUT2D eigenvalue weighted by Crippen LogP contribution is 2.20. The lowest BCUT2D eigenvalue weighted by molar-refractivity contribution is 0.261. The molecule has 0 saturated heterocycles. The number of hydrazone groups is 1. The molecule has 7 heteroatoms. The number of ether oxygens (including phenoxy) is 1. The molecule has 0 radical (unpaired) electrons. The van der Waals surface area contributed by atoms with Gasteiger partial charge in [-0.2, -0.15) is 5.10 Å². The Labute approximate surface area is 113 Å². The lowest BCUT2D eigenvalue weighted by Crippen LogP contribution is -2.24. The van der Waals surface area contributed by atoms with Crippen LogP contribution in [0.2, 0.25) is 0 Å².